The van der Waals surface area contributed by atoms with Gasteiger partial charge in [0.25, 0.3) is 15.1 Å². The molecule has 0 fully saturated rings. The van der Waals surface area contributed by atoms with Crippen molar-refractivity contribution in [3.05, 3.63) is 78.0 Å². The van der Waals surface area contributed by atoms with Crippen LogP contribution in [0, 0.1) is 0 Å². The summed E-state index contributed by atoms with van der Waals surface area (Å²) in [6, 6.07) is 17.9. The van der Waals surface area contributed by atoms with E-state index in [0.717, 1.165) is 20.9 Å². The van der Waals surface area contributed by atoms with Crippen LogP contribution in [0.3, 0.4) is 0 Å². The van der Waals surface area contributed by atoms with Crippen molar-refractivity contribution >= 4 is 43.4 Å². The SMILES string of the molecule is O=S(=O)(O)CCC[n+]1c(/C=C/C=C/Nc2ccccc2)sc2ccccc21. The third-order valence-corrected chi connectivity index (χ3v) is 5.83. The molecule has 0 amide bonds. The highest BCUT2D eigenvalue weighted by molar-refractivity contribution is 7.85. The van der Waals surface area contributed by atoms with Crippen molar-refractivity contribution in [3.63, 3.8) is 0 Å². The topological polar surface area (TPSA) is 70.3 Å². The molecule has 27 heavy (non-hydrogen) atoms. The zero-order valence-electron chi connectivity index (χ0n) is 14.7. The van der Waals surface area contributed by atoms with Crippen LogP contribution in [0.4, 0.5) is 5.69 Å². The van der Waals surface area contributed by atoms with Crippen molar-refractivity contribution in [1.82, 2.24) is 0 Å². The Morgan fingerprint density at radius 1 is 1.04 bits per heavy atom. The van der Waals surface area contributed by atoms with Gasteiger partial charge < -0.3 is 5.32 Å². The fourth-order valence-corrected chi connectivity index (χ4v) is 4.28. The van der Waals surface area contributed by atoms with E-state index in [4.69, 9.17) is 4.55 Å². The van der Waals surface area contributed by atoms with Crippen LogP contribution in [0.1, 0.15) is 11.4 Å². The van der Waals surface area contributed by atoms with E-state index < -0.39 is 10.1 Å². The molecule has 1 heterocycles. The largest absolute Gasteiger partial charge is 0.362 e. The molecule has 0 aliphatic heterocycles. The number of allylic oxidation sites excluding steroid dienone is 2. The first-order valence-electron chi connectivity index (χ1n) is 8.54. The molecule has 0 atom stereocenters. The summed E-state index contributed by atoms with van der Waals surface area (Å²) in [5.74, 6) is -0.242. The quantitative estimate of drug-likeness (QED) is 0.339. The Kier molecular flexibility index (Phi) is 6.39. The van der Waals surface area contributed by atoms with Crippen LogP contribution in [0.2, 0.25) is 0 Å². The summed E-state index contributed by atoms with van der Waals surface area (Å²) in [5.41, 5.74) is 2.08. The van der Waals surface area contributed by atoms with Crippen molar-refractivity contribution in [2.75, 3.05) is 11.1 Å². The molecule has 5 nitrogen and oxygen atoms in total. The minimum atomic E-state index is -3.94. The second kappa shape index (κ2) is 8.94. The number of fused-ring (bicyclic) bond motifs is 1. The summed E-state index contributed by atoms with van der Waals surface area (Å²) >= 11 is 1.65. The summed E-state index contributed by atoms with van der Waals surface area (Å²) in [6.07, 6.45) is 8.08. The van der Waals surface area contributed by atoms with Crippen molar-refractivity contribution in [2.45, 2.75) is 13.0 Å². The summed E-state index contributed by atoms with van der Waals surface area (Å²) in [6.45, 7) is 0.523. The van der Waals surface area contributed by atoms with Gasteiger partial charge in [0.1, 0.15) is 4.70 Å². The van der Waals surface area contributed by atoms with Gasteiger partial charge in [0.15, 0.2) is 6.54 Å². The Morgan fingerprint density at radius 3 is 2.56 bits per heavy atom. The van der Waals surface area contributed by atoms with E-state index in [1.165, 1.54) is 0 Å². The lowest BCUT2D eigenvalue weighted by molar-refractivity contribution is -0.668. The van der Waals surface area contributed by atoms with Crippen LogP contribution < -0.4 is 9.88 Å². The molecule has 0 unspecified atom stereocenters. The predicted molar refractivity (Wildman–Crippen MR) is 111 cm³/mol. The van der Waals surface area contributed by atoms with E-state index in [-0.39, 0.29) is 5.75 Å². The van der Waals surface area contributed by atoms with Gasteiger partial charge in [0.2, 0.25) is 5.52 Å². The van der Waals surface area contributed by atoms with Crippen LogP contribution in [0.15, 0.2) is 72.9 Å². The van der Waals surface area contributed by atoms with E-state index in [0.29, 0.717) is 13.0 Å². The highest BCUT2D eigenvalue weighted by atomic mass is 32.2. The Hall–Kier alpha value is -2.48. The second-order valence-corrected chi connectivity index (χ2v) is 8.56. The fraction of sp³-hybridized carbons (Fsp3) is 0.150. The molecule has 3 rings (SSSR count). The molecule has 0 bridgehead atoms. The summed E-state index contributed by atoms with van der Waals surface area (Å²) in [4.78, 5) is 0. The predicted octanol–water partition coefficient (Wildman–Crippen LogP) is 4.11. The number of hydrogen-bond acceptors (Lipinski definition) is 4. The average Bonchev–Trinajstić information content (AvgIpc) is 2.99. The molecule has 0 spiro atoms. The molecule has 3 aromatic rings. The number of aromatic nitrogens is 1. The van der Waals surface area contributed by atoms with Crippen molar-refractivity contribution < 1.29 is 17.5 Å². The number of aryl methyl sites for hydroxylation is 1. The molecule has 0 aliphatic carbocycles. The molecule has 0 aliphatic rings. The molecule has 2 aromatic carbocycles. The van der Waals surface area contributed by atoms with Gasteiger partial charge in [-0.3, -0.25) is 4.55 Å². The van der Waals surface area contributed by atoms with E-state index >= 15 is 0 Å². The molecule has 7 heteroatoms. The monoisotopic (exact) mass is 401 g/mol. The van der Waals surface area contributed by atoms with Crippen LogP contribution in [-0.4, -0.2) is 18.7 Å². The van der Waals surface area contributed by atoms with Crippen molar-refractivity contribution in [3.8, 4) is 0 Å². The van der Waals surface area contributed by atoms with E-state index in [9.17, 15) is 8.42 Å². The Morgan fingerprint density at radius 2 is 1.78 bits per heavy atom. The average molecular weight is 402 g/mol. The van der Waals surface area contributed by atoms with Gasteiger partial charge in [-0.2, -0.15) is 13.0 Å². The highest BCUT2D eigenvalue weighted by Gasteiger charge is 2.18. The van der Waals surface area contributed by atoms with Crippen molar-refractivity contribution in [2.24, 2.45) is 0 Å². The Bertz CT molecular complexity index is 1060. The van der Waals surface area contributed by atoms with Crippen LogP contribution in [-0.2, 0) is 16.7 Å². The number of nitrogens with zero attached hydrogens (tertiary/aromatic N) is 1. The van der Waals surface area contributed by atoms with E-state index in [1.807, 2.05) is 79.0 Å². The van der Waals surface area contributed by atoms with Crippen LogP contribution in [0.5, 0.6) is 0 Å². The minimum absolute atomic E-state index is 0.242. The number of rotatable bonds is 8. The maximum Gasteiger partial charge on any atom is 0.265 e. The maximum absolute atomic E-state index is 11.0. The van der Waals surface area contributed by atoms with Gasteiger partial charge in [-0.05, 0) is 24.3 Å². The highest BCUT2D eigenvalue weighted by Crippen LogP contribution is 2.21. The lowest BCUT2D eigenvalue weighted by atomic mass is 10.3. The first-order valence-corrected chi connectivity index (χ1v) is 11.0. The van der Waals surface area contributed by atoms with Crippen LogP contribution in [0.25, 0.3) is 16.3 Å². The van der Waals surface area contributed by atoms with Gasteiger partial charge in [-0.1, -0.05) is 47.7 Å². The zero-order valence-corrected chi connectivity index (χ0v) is 16.3. The molecular weight excluding hydrogens is 380 g/mol. The van der Waals surface area contributed by atoms with E-state index in [2.05, 4.69) is 9.88 Å². The first-order chi connectivity index (χ1) is 13.0. The summed E-state index contributed by atoms with van der Waals surface area (Å²) in [7, 11) is -3.94. The normalized spacial score (nSPS) is 12.3. The number of anilines is 1. The standard InChI is InChI=1S/C20H20N2O3S2/c23-27(24,25)16-8-15-22-18-11-4-5-12-19(18)26-20(22)13-6-7-14-21-17-9-2-1-3-10-17/h1-7,9-14H,8,15-16H2,(H,23,24,25)/p+1. The lowest BCUT2D eigenvalue weighted by Crippen LogP contribution is -2.35. The van der Waals surface area contributed by atoms with Gasteiger partial charge >= 0.3 is 0 Å². The molecule has 1 aromatic heterocycles. The fourth-order valence-electron chi connectivity index (χ4n) is 2.68. The molecule has 2 N–H and O–H groups in total. The zero-order chi connectivity index (χ0) is 19.1. The van der Waals surface area contributed by atoms with Crippen molar-refractivity contribution in [1.29, 1.82) is 0 Å². The minimum Gasteiger partial charge on any atom is -0.362 e. The third-order valence-electron chi connectivity index (χ3n) is 3.89. The summed E-state index contributed by atoms with van der Waals surface area (Å²) < 4.78 is 34.2. The molecule has 140 valence electrons. The van der Waals surface area contributed by atoms with Gasteiger partial charge in [0.05, 0.1) is 5.75 Å². The molecule has 0 saturated carbocycles. The third kappa shape index (κ3) is 5.75. The number of para-hydroxylation sites is 2. The number of thiazole rings is 1. The number of hydrogen-bond donors (Lipinski definition) is 2. The molecule has 0 saturated heterocycles. The Balaban J connectivity index is 1.73. The molecular formula is C20H21N2O3S2+. The second-order valence-electron chi connectivity index (χ2n) is 5.93. The molecule has 0 radical (unpaired) electrons. The van der Waals surface area contributed by atoms with E-state index in [1.54, 1.807) is 11.3 Å². The van der Waals surface area contributed by atoms with Gasteiger partial charge in [-0.15, -0.1) is 0 Å². The maximum atomic E-state index is 11.0. The van der Waals surface area contributed by atoms with Gasteiger partial charge in [0, 0.05) is 30.5 Å². The lowest BCUT2D eigenvalue weighted by Gasteiger charge is -1.98. The van der Waals surface area contributed by atoms with Crippen LogP contribution >= 0.6 is 11.3 Å². The Labute approximate surface area is 163 Å². The first kappa shape index (κ1) is 19.3. The smallest absolute Gasteiger partial charge is 0.265 e. The summed E-state index contributed by atoms with van der Waals surface area (Å²) in [5, 5.41) is 4.22. The number of benzene rings is 2. The van der Waals surface area contributed by atoms with Gasteiger partial charge in [-0.25, -0.2) is 0 Å². The number of nitrogens with one attached hydrogen (secondary N) is 1.